The maximum absolute atomic E-state index is 12.8. The fourth-order valence-electron chi connectivity index (χ4n) is 2.52. The topological polar surface area (TPSA) is 24.5 Å². The lowest BCUT2D eigenvalue weighted by Gasteiger charge is -2.26. The first-order valence-corrected chi connectivity index (χ1v) is 7.52. The van der Waals surface area contributed by atoms with Crippen LogP contribution in [0.25, 0.3) is 0 Å². The van der Waals surface area contributed by atoms with Crippen LogP contribution in [-0.2, 0) is 11.2 Å². The van der Waals surface area contributed by atoms with Crippen molar-refractivity contribution in [3.63, 3.8) is 0 Å². The van der Waals surface area contributed by atoms with Gasteiger partial charge >= 0.3 is 0 Å². The molecular formula is C16H25FN2O. The molecule has 1 aromatic rings. The lowest BCUT2D eigenvalue weighted by molar-refractivity contribution is 0.0374. The normalized spacial score (nSPS) is 18.1. The third-order valence-corrected chi connectivity index (χ3v) is 3.70. The number of nitrogens with one attached hydrogen (secondary N) is 1. The number of nitrogens with zero attached hydrogens (tertiary/aromatic N) is 1. The molecule has 1 fully saturated rings. The minimum atomic E-state index is -0.167. The van der Waals surface area contributed by atoms with E-state index in [1.807, 2.05) is 12.1 Å². The Kier molecular flexibility index (Phi) is 6.43. The van der Waals surface area contributed by atoms with Gasteiger partial charge in [0, 0.05) is 19.1 Å². The van der Waals surface area contributed by atoms with E-state index in [0.717, 1.165) is 52.2 Å². The summed E-state index contributed by atoms with van der Waals surface area (Å²) in [5.41, 5.74) is 1.18. The van der Waals surface area contributed by atoms with E-state index in [4.69, 9.17) is 4.74 Å². The van der Waals surface area contributed by atoms with Crippen molar-refractivity contribution < 1.29 is 9.13 Å². The zero-order valence-corrected chi connectivity index (χ0v) is 12.3. The predicted octanol–water partition coefficient (Wildman–Crippen LogP) is 2.07. The summed E-state index contributed by atoms with van der Waals surface area (Å²) in [4.78, 5) is 2.45. The number of halogens is 1. The Hall–Kier alpha value is -0.970. The molecule has 0 aliphatic carbocycles. The highest BCUT2D eigenvalue weighted by atomic mass is 19.1. The van der Waals surface area contributed by atoms with E-state index in [1.54, 1.807) is 0 Å². The maximum Gasteiger partial charge on any atom is 0.123 e. The Morgan fingerprint density at radius 1 is 1.25 bits per heavy atom. The van der Waals surface area contributed by atoms with E-state index >= 15 is 0 Å². The quantitative estimate of drug-likeness (QED) is 0.774. The molecule has 1 saturated heterocycles. The van der Waals surface area contributed by atoms with Gasteiger partial charge in [-0.05, 0) is 50.6 Å². The predicted molar refractivity (Wildman–Crippen MR) is 79.4 cm³/mol. The molecule has 1 heterocycles. The molecule has 112 valence electrons. The molecule has 20 heavy (non-hydrogen) atoms. The van der Waals surface area contributed by atoms with Gasteiger partial charge in [-0.1, -0.05) is 12.1 Å². The summed E-state index contributed by atoms with van der Waals surface area (Å²) in [6.07, 6.45) is 2.10. The Morgan fingerprint density at radius 2 is 1.95 bits per heavy atom. The molecule has 2 rings (SSSR count). The summed E-state index contributed by atoms with van der Waals surface area (Å²) >= 11 is 0. The molecule has 1 aliphatic rings. The van der Waals surface area contributed by atoms with E-state index in [0.29, 0.717) is 6.04 Å². The minimum absolute atomic E-state index is 0.167. The van der Waals surface area contributed by atoms with Gasteiger partial charge < -0.3 is 10.1 Å². The van der Waals surface area contributed by atoms with Crippen molar-refractivity contribution in [2.45, 2.75) is 25.8 Å². The first-order valence-electron chi connectivity index (χ1n) is 7.52. The Balaban J connectivity index is 1.57. The summed E-state index contributed by atoms with van der Waals surface area (Å²) in [5, 5.41) is 3.53. The molecule has 1 aliphatic heterocycles. The highest BCUT2D eigenvalue weighted by molar-refractivity contribution is 5.16. The monoisotopic (exact) mass is 280 g/mol. The van der Waals surface area contributed by atoms with E-state index in [-0.39, 0.29) is 5.82 Å². The lowest BCUT2D eigenvalue weighted by Crippen LogP contribution is -2.38. The maximum atomic E-state index is 12.8. The van der Waals surface area contributed by atoms with Crippen LogP contribution in [0.4, 0.5) is 4.39 Å². The van der Waals surface area contributed by atoms with Gasteiger partial charge in [0.1, 0.15) is 5.82 Å². The first-order chi connectivity index (χ1) is 9.74. The molecule has 4 heteroatoms. The van der Waals surface area contributed by atoms with Gasteiger partial charge in [-0.15, -0.1) is 0 Å². The number of hydrogen-bond acceptors (Lipinski definition) is 3. The average molecular weight is 280 g/mol. The fraction of sp³-hybridized carbons (Fsp3) is 0.625. The molecule has 1 aromatic carbocycles. The summed E-state index contributed by atoms with van der Waals surface area (Å²) in [5.74, 6) is -0.167. The van der Waals surface area contributed by atoms with Gasteiger partial charge in [0.05, 0.1) is 13.2 Å². The largest absolute Gasteiger partial charge is 0.379 e. The molecule has 0 bridgehead atoms. The zero-order valence-electron chi connectivity index (χ0n) is 12.3. The number of benzene rings is 1. The van der Waals surface area contributed by atoms with Crippen molar-refractivity contribution in [2.75, 3.05) is 39.4 Å². The lowest BCUT2D eigenvalue weighted by atomic mass is 10.1. The second-order valence-electron chi connectivity index (χ2n) is 5.49. The fourth-order valence-corrected chi connectivity index (χ4v) is 2.52. The summed E-state index contributed by atoms with van der Waals surface area (Å²) in [6.45, 7) is 8.20. The highest BCUT2D eigenvalue weighted by Crippen LogP contribution is 2.05. The third-order valence-electron chi connectivity index (χ3n) is 3.70. The van der Waals surface area contributed by atoms with Gasteiger partial charge in [0.25, 0.3) is 0 Å². The van der Waals surface area contributed by atoms with Crippen LogP contribution in [0.5, 0.6) is 0 Å². The average Bonchev–Trinajstić information content (AvgIpc) is 2.47. The highest BCUT2D eigenvalue weighted by Gasteiger charge is 2.09. The van der Waals surface area contributed by atoms with Crippen LogP contribution < -0.4 is 5.32 Å². The Bertz CT molecular complexity index is 377. The van der Waals surface area contributed by atoms with E-state index in [2.05, 4.69) is 17.1 Å². The van der Waals surface area contributed by atoms with Gasteiger partial charge in [0.15, 0.2) is 0 Å². The second-order valence-corrected chi connectivity index (χ2v) is 5.49. The first kappa shape index (κ1) is 15.4. The molecule has 0 spiro atoms. The standard InChI is InChI=1S/C16H25FN2O/c1-14(13-15-3-5-16(17)6-4-15)18-7-2-8-19-9-11-20-12-10-19/h3-6,14,18H,2,7-13H2,1H3/t14-/m1/s1. The smallest absolute Gasteiger partial charge is 0.123 e. The van der Waals surface area contributed by atoms with Crippen LogP contribution >= 0.6 is 0 Å². The molecule has 1 N–H and O–H groups in total. The minimum Gasteiger partial charge on any atom is -0.379 e. The van der Waals surface area contributed by atoms with E-state index in [1.165, 1.54) is 17.7 Å². The van der Waals surface area contributed by atoms with Crippen LogP contribution in [0.15, 0.2) is 24.3 Å². The Labute approximate surface area is 121 Å². The summed E-state index contributed by atoms with van der Waals surface area (Å²) in [6, 6.07) is 7.20. The van der Waals surface area contributed by atoms with E-state index < -0.39 is 0 Å². The number of morpholine rings is 1. The molecule has 0 unspecified atom stereocenters. The summed E-state index contributed by atoms with van der Waals surface area (Å²) < 4.78 is 18.2. The van der Waals surface area contributed by atoms with Crippen LogP contribution in [0.3, 0.4) is 0 Å². The van der Waals surface area contributed by atoms with Crippen molar-refractivity contribution in [3.8, 4) is 0 Å². The van der Waals surface area contributed by atoms with Crippen molar-refractivity contribution in [3.05, 3.63) is 35.6 Å². The zero-order chi connectivity index (χ0) is 14.2. The summed E-state index contributed by atoms with van der Waals surface area (Å²) in [7, 11) is 0. The Morgan fingerprint density at radius 3 is 2.65 bits per heavy atom. The van der Waals surface area contributed by atoms with Gasteiger partial charge in [0.2, 0.25) is 0 Å². The number of hydrogen-bond donors (Lipinski definition) is 1. The van der Waals surface area contributed by atoms with Crippen LogP contribution in [-0.4, -0.2) is 50.3 Å². The number of rotatable bonds is 7. The van der Waals surface area contributed by atoms with Gasteiger partial charge in [-0.3, -0.25) is 4.90 Å². The third kappa shape index (κ3) is 5.57. The molecule has 1 atom stereocenters. The molecule has 0 radical (unpaired) electrons. The van der Waals surface area contributed by atoms with Crippen molar-refractivity contribution in [1.29, 1.82) is 0 Å². The van der Waals surface area contributed by atoms with Gasteiger partial charge in [-0.25, -0.2) is 4.39 Å². The van der Waals surface area contributed by atoms with Crippen molar-refractivity contribution in [1.82, 2.24) is 10.2 Å². The van der Waals surface area contributed by atoms with Crippen molar-refractivity contribution >= 4 is 0 Å². The van der Waals surface area contributed by atoms with Crippen LogP contribution in [0.1, 0.15) is 18.9 Å². The molecular weight excluding hydrogens is 255 g/mol. The molecule has 0 aromatic heterocycles. The molecule has 0 amide bonds. The van der Waals surface area contributed by atoms with Crippen molar-refractivity contribution in [2.24, 2.45) is 0 Å². The molecule has 0 saturated carbocycles. The van der Waals surface area contributed by atoms with Crippen LogP contribution in [0, 0.1) is 5.82 Å². The second kappa shape index (κ2) is 8.35. The number of ether oxygens (including phenoxy) is 1. The van der Waals surface area contributed by atoms with E-state index in [9.17, 15) is 4.39 Å². The molecule has 3 nitrogen and oxygen atoms in total. The van der Waals surface area contributed by atoms with Crippen LogP contribution in [0.2, 0.25) is 0 Å². The van der Waals surface area contributed by atoms with Gasteiger partial charge in [-0.2, -0.15) is 0 Å². The SMILES string of the molecule is C[C@H](Cc1ccc(F)cc1)NCCCN1CCOCC1.